The Labute approximate surface area is 92.9 Å². The Morgan fingerprint density at radius 2 is 2.20 bits per heavy atom. The summed E-state index contributed by atoms with van der Waals surface area (Å²) >= 11 is 0. The number of hydrogen-bond acceptors (Lipinski definition) is 1. The maximum Gasteiger partial charge on any atom is 0.139 e. The van der Waals surface area contributed by atoms with Crippen LogP contribution in [0.2, 0.25) is 0 Å². The van der Waals surface area contributed by atoms with Crippen LogP contribution in [0.15, 0.2) is 12.2 Å². The van der Waals surface area contributed by atoms with E-state index in [1.165, 1.54) is 19.3 Å². The van der Waals surface area contributed by atoms with Gasteiger partial charge < -0.3 is 0 Å². The fraction of sp³-hybridized carbons (Fsp3) is 0.786. The van der Waals surface area contributed by atoms with Crippen LogP contribution in [0, 0.1) is 17.3 Å². The van der Waals surface area contributed by atoms with E-state index < -0.39 is 0 Å². The van der Waals surface area contributed by atoms with Crippen molar-refractivity contribution < 1.29 is 4.79 Å². The molecular formula is C14H22O. The second-order valence-corrected chi connectivity index (χ2v) is 5.64. The summed E-state index contributed by atoms with van der Waals surface area (Å²) in [6.45, 7) is 4.29. The number of hydrogen-bond donors (Lipinski definition) is 0. The Morgan fingerprint density at radius 3 is 2.67 bits per heavy atom. The zero-order chi connectivity index (χ0) is 10.9. The van der Waals surface area contributed by atoms with Crippen LogP contribution in [0.5, 0.6) is 0 Å². The monoisotopic (exact) mass is 206 g/mol. The number of allylic oxidation sites excluding steroid dienone is 2. The molecule has 0 N–H and O–H groups in total. The largest absolute Gasteiger partial charge is 0.299 e. The first-order chi connectivity index (χ1) is 7.15. The highest BCUT2D eigenvalue weighted by Crippen LogP contribution is 2.56. The molecule has 1 nitrogen and oxygen atoms in total. The standard InChI is InChI=1S/C14H22O/c1-11(2)10-13(15)14(8-9-14)12-6-4-3-5-7-12/h4,6,11-12H,3,5,7-10H2,1-2H3. The van der Waals surface area contributed by atoms with Crippen LogP contribution in [-0.2, 0) is 4.79 Å². The van der Waals surface area contributed by atoms with Gasteiger partial charge in [0.05, 0.1) is 0 Å². The number of carbonyl (C=O) groups excluding carboxylic acids is 1. The van der Waals surface area contributed by atoms with Crippen LogP contribution in [0.25, 0.3) is 0 Å². The molecule has 0 amide bonds. The van der Waals surface area contributed by atoms with Crippen molar-refractivity contribution in [3.8, 4) is 0 Å². The minimum absolute atomic E-state index is 0.0845. The van der Waals surface area contributed by atoms with E-state index in [9.17, 15) is 4.79 Å². The van der Waals surface area contributed by atoms with E-state index in [2.05, 4.69) is 26.0 Å². The van der Waals surface area contributed by atoms with Crippen molar-refractivity contribution in [3.63, 3.8) is 0 Å². The minimum atomic E-state index is 0.0845. The summed E-state index contributed by atoms with van der Waals surface area (Å²) < 4.78 is 0. The first-order valence-electron chi connectivity index (χ1n) is 6.35. The average molecular weight is 206 g/mol. The molecule has 15 heavy (non-hydrogen) atoms. The maximum absolute atomic E-state index is 12.2. The molecular weight excluding hydrogens is 184 g/mol. The Kier molecular flexibility index (Phi) is 2.99. The van der Waals surface area contributed by atoms with Gasteiger partial charge in [0, 0.05) is 11.8 Å². The summed E-state index contributed by atoms with van der Waals surface area (Å²) in [6.07, 6.45) is 11.4. The van der Waals surface area contributed by atoms with Crippen molar-refractivity contribution in [2.75, 3.05) is 0 Å². The molecule has 2 rings (SSSR count). The lowest BCUT2D eigenvalue weighted by Gasteiger charge is -2.26. The smallest absolute Gasteiger partial charge is 0.139 e. The van der Waals surface area contributed by atoms with Gasteiger partial charge in [-0.3, -0.25) is 4.79 Å². The highest BCUT2D eigenvalue weighted by atomic mass is 16.1. The zero-order valence-electron chi connectivity index (χ0n) is 9.96. The SMILES string of the molecule is CC(C)CC(=O)C1(C2C=CCCC2)CC1. The Balaban J connectivity index is 2.03. The van der Waals surface area contributed by atoms with Crippen molar-refractivity contribution in [2.24, 2.45) is 17.3 Å². The fourth-order valence-corrected chi connectivity index (χ4v) is 2.84. The van der Waals surface area contributed by atoms with Gasteiger partial charge in [-0.1, -0.05) is 26.0 Å². The van der Waals surface area contributed by atoms with E-state index in [0.29, 0.717) is 17.6 Å². The molecule has 0 aromatic heterocycles. The predicted molar refractivity (Wildman–Crippen MR) is 62.6 cm³/mol. The number of carbonyl (C=O) groups is 1. The van der Waals surface area contributed by atoms with Crippen LogP contribution in [-0.4, -0.2) is 5.78 Å². The summed E-state index contributed by atoms with van der Waals surface area (Å²) in [5, 5.41) is 0. The Morgan fingerprint density at radius 1 is 1.47 bits per heavy atom. The molecule has 0 aromatic carbocycles. The molecule has 0 spiro atoms. The first-order valence-corrected chi connectivity index (χ1v) is 6.35. The summed E-state index contributed by atoms with van der Waals surface area (Å²) in [7, 11) is 0. The van der Waals surface area contributed by atoms with Crippen molar-refractivity contribution in [1.29, 1.82) is 0 Å². The molecule has 84 valence electrons. The van der Waals surface area contributed by atoms with Crippen LogP contribution < -0.4 is 0 Å². The molecule has 1 saturated carbocycles. The third kappa shape index (κ3) is 2.16. The molecule has 0 heterocycles. The molecule has 0 radical (unpaired) electrons. The zero-order valence-corrected chi connectivity index (χ0v) is 9.96. The molecule has 0 aliphatic heterocycles. The first kappa shape index (κ1) is 10.9. The third-order valence-corrected chi connectivity index (χ3v) is 3.90. The van der Waals surface area contributed by atoms with Gasteiger partial charge >= 0.3 is 0 Å². The van der Waals surface area contributed by atoms with Gasteiger partial charge in [0.2, 0.25) is 0 Å². The van der Waals surface area contributed by atoms with Crippen molar-refractivity contribution >= 4 is 5.78 Å². The van der Waals surface area contributed by atoms with Crippen LogP contribution in [0.4, 0.5) is 0 Å². The number of ketones is 1. The molecule has 2 aliphatic carbocycles. The van der Waals surface area contributed by atoms with Gasteiger partial charge in [0.1, 0.15) is 5.78 Å². The van der Waals surface area contributed by atoms with Gasteiger partial charge in [-0.05, 0) is 43.9 Å². The normalized spacial score (nSPS) is 28.1. The lowest BCUT2D eigenvalue weighted by molar-refractivity contribution is -0.126. The van der Waals surface area contributed by atoms with Gasteiger partial charge in [-0.15, -0.1) is 0 Å². The lowest BCUT2D eigenvalue weighted by Crippen LogP contribution is -2.26. The second-order valence-electron chi connectivity index (χ2n) is 5.64. The third-order valence-electron chi connectivity index (χ3n) is 3.90. The van der Waals surface area contributed by atoms with Crippen molar-refractivity contribution in [1.82, 2.24) is 0 Å². The molecule has 1 fully saturated rings. The van der Waals surface area contributed by atoms with Gasteiger partial charge in [0.25, 0.3) is 0 Å². The fourth-order valence-electron chi connectivity index (χ4n) is 2.84. The maximum atomic E-state index is 12.2. The molecule has 0 saturated heterocycles. The summed E-state index contributed by atoms with van der Waals surface area (Å²) in [6, 6.07) is 0. The number of Topliss-reactive ketones (excluding diaryl/α,β-unsaturated/α-hetero) is 1. The average Bonchev–Trinajstić information content (AvgIpc) is 2.99. The molecule has 1 unspecified atom stereocenters. The molecule has 0 bridgehead atoms. The summed E-state index contributed by atoms with van der Waals surface area (Å²) in [5.41, 5.74) is 0.0845. The summed E-state index contributed by atoms with van der Waals surface area (Å²) in [4.78, 5) is 12.2. The van der Waals surface area contributed by atoms with E-state index in [1.54, 1.807) is 0 Å². The van der Waals surface area contributed by atoms with E-state index in [-0.39, 0.29) is 5.41 Å². The van der Waals surface area contributed by atoms with Gasteiger partial charge in [0.15, 0.2) is 0 Å². The number of rotatable bonds is 4. The molecule has 0 aromatic rings. The van der Waals surface area contributed by atoms with Crippen LogP contribution >= 0.6 is 0 Å². The van der Waals surface area contributed by atoms with E-state index >= 15 is 0 Å². The van der Waals surface area contributed by atoms with Gasteiger partial charge in [-0.25, -0.2) is 0 Å². The Hall–Kier alpha value is -0.590. The minimum Gasteiger partial charge on any atom is -0.299 e. The molecule has 1 atom stereocenters. The predicted octanol–water partition coefficient (Wildman–Crippen LogP) is 3.74. The van der Waals surface area contributed by atoms with Crippen molar-refractivity contribution in [3.05, 3.63) is 12.2 Å². The van der Waals surface area contributed by atoms with E-state index in [1.807, 2.05) is 0 Å². The highest BCUT2D eigenvalue weighted by molar-refractivity contribution is 5.88. The topological polar surface area (TPSA) is 17.1 Å². The summed E-state index contributed by atoms with van der Waals surface area (Å²) in [5.74, 6) is 1.62. The van der Waals surface area contributed by atoms with Crippen LogP contribution in [0.3, 0.4) is 0 Å². The highest BCUT2D eigenvalue weighted by Gasteiger charge is 2.53. The van der Waals surface area contributed by atoms with Crippen LogP contribution in [0.1, 0.15) is 52.4 Å². The van der Waals surface area contributed by atoms with E-state index in [0.717, 1.165) is 19.3 Å². The van der Waals surface area contributed by atoms with Crippen molar-refractivity contribution in [2.45, 2.75) is 52.4 Å². The van der Waals surface area contributed by atoms with E-state index in [4.69, 9.17) is 0 Å². The van der Waals surface area contributed by atoms with Gasteiger partial charge in [-0.2, -0.15) is 0 Å². The molecule has 1 heteroatoms. The Bertz CT molecular complexity index is 271. The second kappa shape index (κ2) is 4.11. The lowest BCUT2D eigenvalue weighted by atomic mass is 9.77. The quantitative estimate of drug-likeness (QED) is 0.640. The molecule has 2 aliphatic rings.